The summed E-state index contributed by atoms with van der Waals surface area (Å²) < 4.78 is 15.0. The largest absolute Gasteiger partial charge is 0.368 e. The van der Waals surface area contributed by atoms with Gasteiger partial charge < -0.3 is 4.90 Å². The van der Waals surface area contributed by atoms with Crippen molar-refractivity contribution in [3.63, 3.8) is 0 Å². The van der Waals surface area contributed by atoms with Crippen LogP contribution in [0.3, 0.4) is 0 Å². The van der Waals surface area contributed by atoms with Crippen molar-refractivity contribution in [2.75, 3.05) is 11.9 Å². The smallest absolute Gasteiger partial charge is 0.159 e. The summed E-state index contributed by atoms with van der Waals surface area (Å²) >= 11 is 3.38. The van der Waals surface area contributed by atoms with Gasteiger partial charge in [-0.1, -0.05) is 28.1 Å². The van der Waals surface area contributed by atoms with Crippen LogP contribution in [0.1, 0.15) is 22.8 Å². The molecule has 0 atom stereocenters. The Hall–Kier alpha value is -1.68. The third-order valence-corrected chi connectivity index (χ3v) is 3.63. The van der Waals surface area contributed by atoms with Crippen molar-refractivity contribution >= 4 is 27.4 Å². The lowest BCUT2D eigenvalue weighted by Gasteiger charge is -2.20. The number of Topliss-reactive ketones (excluding diaryl/α,β-unsaturated/α-hetero) is 1. The molecule has 2 rings (SSSR count). The molecule has 104 valence electrons. The molecular formula is C16H15BrFNO. The Morgan fingerprint density at radius 3 is 2.40 bits per heavy atom. The zero-order valence-electron chi connectivity index (χ0n) is 11.4. The first-order chi connectivity index (χ1) is 9.47. The highest BCUT2D eigenvalue weighted by Gasteiger charge is 2.10. The van der Waals surface area contributed by atoms with E-state index in [4.69, 9.17) is 0 Å². The molecule has 2 aromatic rings. The van der Waals surface area contributed by atoms with Gasteiger partial charge in [-0.05, 0) is 42.8 Å². The van der Waals surface area contributed by atoms with Crippen LogP contribution in [0.15, 0.2) is 46.9 Å². The molecular weight excluding hydrogens is 321 g/mol. The Kier molecular flexibility index (Phi) is 4.55. The standard InChI is InChI=1S/C16H15BrFNO/c1-11(20)13-5-8-16(15(18)9-13)19(2)10-12-3-6-14(17)7-4-12/h3-9H,10H2,1-2H3. The minimum atomic E-state index is -0.377. The van der Waals surface area contributed by atoms with Crippen LogP contribution < -0.4 is 4.90 Å². The number of carbonyl (C=O) groups is 1. The topological polar surface area (TPSA) is 20.3 Å². The van der Waals surface area contributed by atoms with Crippen molar-refractivity contribution in [1.29, 1.82) is 0 Å². The van der Waals surface area contributed by atoms with E-state index in [0.29, 0.717) is 17.8 Å². The summed E-state index contributed by atoms with van der Waals surface area (Å²) in [5.74, 6) is -0.511. The molecule has 0 spiro atoms. The monoisotopic (exact) mass is 335 g/mol. The van der Waals surface area contributed by atoms with Gasteiger partial charge in [0.2, 0.25) is 0 Å². The zero-order valence-corrected chi connectivity index (χ0v) is 12.9. The van der Waals surface area contributed by atoms with E-state index in [9.17, 15) is 9.18 Å². The first-order valence-electron chi connectivity index (χ1n) is 6.23. The average Bonchev–Trinajstić information content (AvgIpc) is 2.41. The minimum absolute atomic E-state index is 0.133. The van der Waals surface area contributed by atoms with Gasteiger partial charge in [-0.3, -0.25) is 4.79 Å². The summed E-state index contributed by atoms with van der Waals surface area (Å²) in [4.78, 5) is 13.0. The quantitative estimate of drug-likeness (QED) is 0.770. The molecule has 0 radical (unpaired) electrons. The van der Waals surface area contributed by atoms with Crippen LogP contribution in [-0.2, 0) is 6.54 Å². The molecule has 4 heteroatoms. The normalized spacial score (nSPS) is 10.4. The Morgan fingerprint density at radius 2 is 1.85 bits per heavy atom. The van der Waals surface area contributed by atoms with E-state index in [1.807, 2.05) is 36.2 Å². The summed E-state index contributed by atoms with van der Waals surface area (Å²) in [6.07, 6.45) is 0. The van der Waals surface area contributed by atoms with Crippen molar-refractivity contribution in [2.45, 2.75) is 13.5 Å². The molecule has 0 bridgehead atoms. The van der Waals surface area contributed by atoms with Crippen molar-refractivity contribution in [1.82, 2.24) is 0 Å². The molecule has 0 aliphatic rings. The lowest BCUT2D eigenvalue weighted by Crippen LogP contribution is -2.17. The summed E-state index contributed by atoms with van der Waals surface area (Å²) in [7, 11) is 1.83. The molecule has 0 fully saturated rings. The Bertz CT molecular complexity index is 625. The molecule has 0 aliphatic heterocycles. The van der Waals surface area contributed by atoms with Gasteiger partial charge >= 0.3 is 0 Å². The van der Waals surface area contributed by atoms with Crippen LogP contribution in [-0.4, -0.2) is 12.8 Å². The first-order valence-corrected chi connectivity index (χ1v) is 7.03. The molecule has 0 amide bonds. The van der Waals surface area contributed by atoms with E-state index >= 15 is 0 Å². The molecule has 0 N–H and O–H groups in total. The van der Waals surface area contributed by atoms with Crippen LogP contribution >= 0.6 is 15.9 Å². The van der Waals surface area contributed by atoms with Gasteiger partial charge in [-0.2, -0.15) is 0 Å². The molecule has 20 heavy (non-hydrogen) atoms. The van der Waals surface area contributed by atoms with E-state index < -0.39 is 0 Å². The number of hydrogen-bond acceptors (Lipinski definition) is 2. The molecule has 0 saturated heterocycles. The highest BCUT2D eigenvalue weighted by Crippen LogP contribution is 2.22. The molecule has 2 nitrogen and oxygen atoms in total. The van der Waals surface area contributed by atoms with Gasteiger partial charge in [0, 0.05) is 23.6 Å². The van der Waals surface area contributed by atoms with Crippen molar-refractivity contribution < 1.29 is 9.18 Å². The van der Waals surface area contributed by atoms with E-state index in [2.05, 4.69) is 15.9 Å². The first kappa shape index (κ1) is 14.7. The lowest BCUT2D eigenvalue weighted by molar-refractivity contribution is 0.101. The van der Waals surface area contributed by atoms with Crippen LogP contribution in [0, 0.1) is 5.82 Å². The fourth-order valence-corrected chi connectivity index (χ4v) is 2.25. The predicted molar refractivity (Wildman–Crippen MR) is 82.7 cm³/mol. The zero-order chi connectivity index (χ0) is 14.7. The number of carbonyl (C=O) groups excluding carboxylic acids is 1. The Labute approximate surface area is 126 Å². The number of ketones is 1. The van der Waals surface area contributed by atoms with Gasteiger partial charge in [0.1, 0.15) is 5.82 Å². The summed E-state index contributed by atoms with van der Waals surface area (Å²) in [6.45, 7) is 2.03. The maximum Gasteiger partial charge on any atom is 0.159 e. The number of hydrogen-bond donors (Lipinski definition) is 0. The maximum atomic E-state index is 14.0. The van der Waals surface area contributed by atoms with Crippen molar-refractivity contribution in [3.8, 4) is 0 Å². The highest BCUT2D eigenvalue weighted by atomic mass is 79.9. The Morgan fingerprint density at radius 1 is 1.20 bits per heavy atom. The second-order valence-corrected chi connectivity index (χ2v) is 5.62. The Balaban J connectivity index is 2.18. The summed E-state index contributed by atoms with van der Waals surface area (Å²) in [6, 6.07) is 12.5. The van der Waals surface area contributed by atoms with Gasteiger partial charge in [-0.15, -0.1) is 0 Å². The fraction of sp³-hybridized carbons (Fsp3) is 0.188. The van der Waals surface area contributed by atoms with E-state index in [1.54, 1.807) is 12.1 Å². The van der Waals surface area contributed by atoms with Crippen LogP contribution in [0.4, 0.5) is 10.1 Å². The lowest BCUT2D eigenvalue weighted by atomic mass is 10.1. The van der Waals surface area contributed by atoms with Gasteiger partial charge in [0.15, 0.2) is 5.78 Å². The predicted octanol–water partition coefficient (Wildman–Crippen LogP) is 4.43. The van der Waals surface area contributed by atoms with Crippen LogP contribution in [0.5, 0.6) is 0 Å². The SMILES string of the molecule is CC(=O)c1ccc(N(C)Cc2ccc(Br)cc2)c(F)c1. The maximum absolute atomic E-state index is 14.0. The molecule has 0 saturated carbocycles. The highest BCUT2D eigenvalue weighted by molar-refractivity contribution is 9.10. The fourth-order valence-electron chi connectivity index (χ4n) is 1.98. The van der Waals surface area contributed by atoms with Gasteiger partial charge in [0.05, 0.1) is 5.69 Å². The number of nitrogens with zero attached hydrogens (tertiary/aromatic N) is 1. The number of benzene rings is 2. The average molecular weight is 336 g/mol. The molecule has 0 unspecified atom stereocenters. The third-order valence-electron chi connectivity index (χ3n) is 3.10. The molecule has 0 aliphatic carbocycles. The van der Waals surface area contributed by atoms with E-state index in [0.717, 1.165) is 10.0 Å². The number of rotatable bonds is 4. The second kappa shape index (κ2) is 6.18. The van der Waals surface area contributed by atoms with E-state index in [1.165, 1.54) is 13.0 Å². The molecule has 2 aromatic carbocycles. The van der Waals surface area contributed by atoms with Crippen molar-refractivity contribution in [3.05, 3.63) is 63.9 Å². The second-order valence-electron chi connectivity index (χ2n) is 4.70. The third kappa shape index (κ3) is 3.45. The summed E-state index contributed by atoms with van der Waals surface area (Å²) in [5, 5.41) is 0. The van der Waals surface area contributed by atoms with Crippen molar-refractivity contribution in [2.24, 2.45) is 0 Å². The van der Waals surface area contributed by atoms with Gasteiger partial charge in [0.25, 0.3) is 0 Å². The minimum Gasteiger partial charge on any atom is -0.368 e. The van der Waals surface area contributed by atoms with Crippen LogP contribution in [0.2, 0.25) is 0 Å². The number of anilines is 1. The number of halogens is 2. The summed E-state index contributed by atoms with van der Waals surface area (Å²) in [5.41, 5.74) is 1.96. The van der Waals surface area contributed by atoms with Gasteiger partial charge in [-0.25, -0.2) is 4.39 Å². The van der Waals surface area contributed by atoms with E-state index in [-0.39, 0.29) is 11.6 Å². The molecule has 0 heterocycles. The molecule has 0 aromatic heterocycles. The van der Waals surface area contributed by atoms with Crippen LogP contribution in [0.25, 0.3) is 0 Å².